The number of fused-ring (bicyclic) bond motifs is 2. The highest BCUT2D eigenvalue weighted by molar-refractivity contribution is 6.24. The fourth-order valence-electron chi connectivity index (χ4n) is 7.78. The Kier molecular flexibility index (Phi) is 17.2. The van der Waals surface area contributed by atoms with Crippen LogP contribution in [0.1, 0.15) is 67.6 Å². The minimum absolute atomic E-state index is 0.00241. The summed E-state index contributed by atoms with van der Waals surface area (Å²) in [6, 6.07) is 27.5. The number of methoxy groups -OCH3 is 2. The summed E-state index contributed by atoms with van der Waals surface area (Å²) in [4.78, 5) is 69.5. The topological polar surface area (TPSA) is 187 Å². The highest BCUT2D eigenvalue weighted by atomic mass is 16.6. The maximum absolute atomic E-state index is 14.2. The van der Waals surface area contributed by atoms with Crippen LogP contribution in [-0.2, 0) is 48.2 Å². The maximum Gasteiger partial charge on any atom is 0.405 e. The number of carbonyl (C=O) groups is 5. The van der Waals surface area contributed by atoms with Gasteiger partial charge in [0.25, 0.3) is 11.8 Å². The van der Waals surface area contributed by atoms with Crippen LogP contribution in [0.2, 0.25) is 0 Å². The molecule has 0 radical (unpaired) electrons. The van der Waals surface area contributed by atoms with Crippen molar-refractivity contribution in [2.45, 2.75) is 84.6 Å². The van der Waals surface area contributed by atoms with Crippen LogP contribution in [0.15, 0.2) is 143 Å². The number of ether oxygens (including phenoxy) is 3. The second-order valence-corrected chi connectivity index (χ2v) is 16.2. The molecule has 2 bridgehead atoms. The lowest BCUT2D eigenvalue weighted by Crippen LogP contribution is -2.38. The molecule has 332 valence electrons. The molecule has 5 rings (SSSR count). The van der Waals surface area contributed by atoms with Crippen LogP contribution < -0.4 is 16.4 Å². The number of aliphatic hydroxyl groups excluding tert-OH is 1. The summed E-state index contributed by atoms with van der Waals surface area (Å²) in [6.45, 7) is 8.91. The van der Waals surface area contributed by atoms with E-state index in [0.717, 1.165) is 24.7 Å². The van der Waals surface area contributed by atoms with E-state index in [1.807, 2.05) is 55.5 Å². The minimum Gasteiger partial charge on any atom is -0.439 e. The van der Waals surface area contributed by atoms with Crippen LogP contribution in [0, 0.1) is 11.8 Å². The van der Waals surface area contributed by atoms with Crippen molar-refractivity contribution in [1.82, 2.24) is 15.5 Å². The average Bonchev–Trinajstić information content (AvgIpc) is 3.26. The maximum atomic E-state index is 14.2. The normalized spacial score (nSPS) is 25.0. The van der Waals surface area contributed by atoms with Crippen LogP contribution in [0.3, 0.4) is 0 Å². The summed E-state index contributed by atoms with van der Waals surface area (Å²) in [7, 11) is 2.88. The van der Waals surface area contributed by atoms with Crippen LogP contribution in [-0.4, -0.2) is 78.1 Å². The van der Waals surface area contributed by atoms with E-state index in [1.165, 1.54) is 44.4 Å². The molecule has 0 saturated carbocycles. The molecule has 13 heteroatoms. The number of benzene rings is 3. The molecule has 6 atom stereocenters. The molecule has 0 fully saturated rings. The van der Waals surface area contributed by atoms with E-state index in [0.29, 0.717) is 12.1 Å². The van der Waals surface area contributed by atoms with Crippen LogP contribution >= 0.6 is 0 Å². The van der Waals surface area contributed by atoms with Gasteiger partial charge in [-0.2, -0.15) is 0 Å². The summed E-state index contributed by atoms with van der Waals surface area (Å²) >= 11 is 0. The number of nitrogens with two attached hydrogens (primary N) is 1. The van der Waals surface area contributed by atoms with Crippen molar-refractivity contribution in [3.8, 4) is 0 Å². The van der Waals surface area contributed by atoms with Gasteiger partial charge in [-0.3, -0.25) is 24.1 Å². The van der Waals surface area contributed by atoms with Gasteiger partial charge in [0.15, 0.2) is 6.10 Å². The van der Waals surface area contributed by atoms with Gasteiger partial charge in [-0.15, -0.1) is 0 Å². The Labute approximate surface area is 369 Å². The van der Waals surface area contributed by atoms with Gasteiger partial charge >= 0.3 is 6.09 Å². The number of ketones is 2. The molecule has 1 heterocycles. The van der Waals surface area contributed by atoms with E-state index >= 15 is 0 Å². The van der Waals surface area contributed by atoms with E-state index in [9.17, 15) is 29.1 Å². The molecule has 3 amide bonds. The van der Waals surface area contributed by atoms with Gasteiger partial charge in [-0.1, -0.05) is 111 Å². The molecule has 2 aliphatic rings. The number of allylic oxidation sites excluding steroid dienone is 4. The van der Waals surface area contributed by atoms with Crippen molar-refractivity contribution in [1.29, 1.82) is 0 Å². The molecule has 0 saturated heterocycles. The van der Waals surface area contributed by atoms with Crippen LogP contribution in [0.4, 0.5) is 4.79 Å². The summed E-state index contributed by atoms with van der Waals surface area (Å²) in [5.74, 6) is -3.42. The Balaban J connectivity index is 1.42. The van der Waals surface area contributed by atoms with E-state index in [-0.39, 0.29) is 46.9 Å². The van der Waals surface area contributed by atoms with Gasteiger partial charge in [0.2, 0.25) is 11.6 Å². The van der Waals surface area contributed by atoms with Crippen molar-refractivity contribution in [2.75, 3.05) is 14.2 Å². The van der Waals surface area contributed by atoms with Crippen LogP contribution in [0.25, 0.3) is 0 Å². The lowest BCUT2D eigenvalue weighted by atomic mass is 9.85. The number of hydrogen-bond acceptors (Lipinski definition) is 10. The van der Waals surface area contributed by atoms with Gasteiger partial charge < -0.3 is 35.7 Å². The van der Waals surface area contributed by atoms with Crippen LogP contribution in [0.5, 0.6) is 0 Å². The lowest BCUT2D eigenvalue weighted by molar-refractivity contribution is -0.120. The predicted molar refractivity (Wildman–Crippen MR) is 239 cm³/mol. The molecule has 0 aromatic heterocycles. The molecule has 3 aromatic carbocycles. The first-order valence-electron chi connectivity index (χ1n) is 21.0. The first-order valence-corrected chi connectivity index (χ1v) is 21.0. The Morgan fingerprint density at radius 3 is 2.00 bits per heavy atom. The second kappa shape index (κ2) is 22.7. The van der Waals surface area contributed by atoms with Gasteiger partial charge in [0.05, 0.1) is 23.6 Å². The second-order valence-electron chi connectivity index (χ2n) is 16.2. The molecule has 1 aliphatic carbocycles. The number of aliphatic hydroxyl groups is 1. The van der Waals surface area contributed by atoms with E-state index < -0.39 is 59.8 Å². The largest absolute Gasteiger partial charge is 0.439 e. The first-order chi connectivity index (χ1) is 30.2. The first kappa shape index (κ1) is 47.8. The zero-order chi connectivity index (χ0) is 45.6. The third-order valence-electron chi connectivity index (χ3n) is 11.2. The Morgan fingerprint density at radius 1 is 0.857 bits per heavy atom. The SMILES string of the molecule is COC1/C=C\C=C(/C)C(=O)NC2=CC(=O)C(NC(=O)c3ccc(CN(Cc4ccccc4)Cc4ccccc4)cc3)=C(C[C@@H](C)C[C@H](OC)[C@H](O)[C@@H](C)/C=C(\C)[C@@H]1OC(N)=O)C2=O. The third-order valence-corrected chi connectivity index (χ3v) is 11.2. The van der Waals surface area contributed by atoms with Crippen molar-refractivity contribution < 1.29 is 43.3 Å². The summed E-state index contributed by atoms with van der Waals surface area (Å²) in [5, 5.41) is 16.8. The van der Waals surface area contributed by atoms with Crippen molar-refractivity contribution in [3.05, 3.63) is 166 Å². The fourth-order valence-corrected chi connectivity index (χ4v) is 7.78. The zero-order valence-corrected chi connectivity index (χ0v) is 36.7. The number of amides is 3. The number of nitrogens with one attached hydrogen (secondary N) is 2. The monoisotopic (exact) mass is 858 g/mol. The Bertz CT molecular complexity index is 2220. The molecule has 5 N–H and O–H groups in total. The van der Waals surface area contributed by atoms with Gasteiger partial charge in [0, 0.05) is 62.6 Å². The van der Waals surface area contributed by atoms with Crippen molar-refractivity contribution >= 4 is 29.5 Å². The number of rotatable bonds is 11. The molecule has 1 unspecified atom stereocenters. The number of primary amides is 1. The summed E-state index contributed by atoms with van der Waals surface area (Å²) < 4.78 is 16.8. The molecule has 3 aromatic rings. The molecule has 63 heavy (non-hydrogen) atoms. The number of Topliss-reactive ketones (excluding diaryl/α,β-unsaturated/α-hetero) is 1. The van der Waals surface area contributed by atoms with Gasteiger partial charge in [-0.05, 0) is 67.0 Å². The van der Waals surface area contributed by atoms with Gasteiger partial charge in [-0.25, -0.2) is 4.79 Å². The highest BCUT2D eigenvalue weighted by Crippen LogP contribution is 2.29. The zero-order valence-electron chi connectivity index (χ0n) is 36.7. The van der Waals surface area contributed by atoms with E-state index in [2.05, 4.69) is 39.8 Å². The quantitative estimate of drug-likeness (QED) is 0.124. The standard InChI is InChI=1S/C50H58N4O9/c1-31-24-39-44(53-49(59)38-22-20-37(21-23-38)30-54(28-35-15-9-7-10-16-35)29-36-17-11-8-12-18-36)41(55)27-40(46(39)57)52-48(58)32(2)14-13-19-42(61-5)47(63-50(51)60)34(4)26-33(3)45(56)43(25-31)62-6/h7-23,26-27,31,33,42-43,45,47,56H,24-25,28-30H2,1-6H3,(H2,51,60)(H,52,58)(H,53,59)/b19-13-,32-14+,34-26+/t31-,33+,42?,43+,45-,47+/m1/s1. The molecular formula is C50H58N4O9. The summed E-state index contributed by atoms with van der Waals surface area (Å²) in [5.41, 5.74) is 9.33. The Hall–Kier alpha value is -6.25. The fraction of sp³-hybridized carbons (Fsp3) is 0.340. The molecule has 13 nitrogen and oxygen atoms in total. The van der Waals surface area contributed by atoms with E-state index in [4.69, 9.17) is 19.9 Å². The number of nitrogens with zero attached hydrogens (tertiary/aromatic N) is 1. The van der Waals surface area contributed by atoms with Crippen molar-refractivity contribution in [2.24, 2.45) is 17.6 Å². The third kappa shape index (κ3) is 13.4. The lowest BCUT2D eigenvalue weighted by Gasteiger charge is -2.30. The predicted octanol–water partition coefficient (Wildman–Crippen LogP) is 6.39. The molecule has 1 aliphatic heterocycles. The van der Waals surface area contributed by atoms with E-state index in [1.54, 1.807) is 38.1 Å². The minimum atomic E-state index is -1.05. The number of carbonyl (C=O) groups excluding carboxylic acids is 5. The Morgan fingerprint density at radius 2 is 1.44 bits per heavy atom. The highest BCUT2D eigenvalue weighted by Gasteiger charge is 2.34. The van der Waals surface area contributed by atoms with Crippen molar-refractivity contribution in [3.63, 3.8) is 0 Å². The smallest absolute Gasteiger partial charge is 0.405 e. The number of hydrogen-bond donors (Lipinski definition) is 4. The van der Waals surface area contributed by atoms with Gasteiger partial charge in [0.1, 0.15) is 6.10 Å². The molecular weight excluding hydrogens is 801 g/mol. The molecule has 0 spiro atoms. The summed E-state index contributed by atoms with van der Waals surface area (Å²) in [6.07, 6.45) is 2.97. The average molecular weight is 859 g/mol.